The molecule has 0 bridgehead atoms. The van der Waals surface area contributed by atoms with Gasteiger partial charge in [-0.15, -0.1) is 0 Å². The summed E-state index contributed by atoms with van der Waals surface area (Å²) < 4.78 is 21.1. The molecular weight excluding hydrogens is 397 g/mol. The van der Waals surface area contributed by atoms with Gasteiger partial charge < -0.3 is 15.4 Å². The fourth-order valence-electron chi connectivity index (χ4n) is 3.34. The second-order valence-electron chi connectivity index (χ2n) is 7.10. The summed E-state index contributed by atoms with van der Waals surface area (Å²) >= 11 is 0. The van der Waals surface area contributed by atoms with Crippen molar-refractivity contribution >= 4 is 5.95 Å². The maximum absolute atomic E-state index is 14.4. The molecule has 0 aliphatic heterocycles. The Bertz CT molecular complexity index is 1180. The molecular formula is C23H24FN5O2. The Morgan fingerprint density at radius 3 is 2.48 bits per heavy atom. The molecule has 0 atom stereocenters. The van der Waals surface area contributed by atoms with Crippen LogP contribution in [-0.4, -0.2) is 36.8 Å². The number of benzene rings is 2. The molecule has 0 aliphatic rings. The summed E-state index contributed by atoms with van der Waals surface area (Å²) in [5, 5.41) is 9.05. The summed E-state index contributed by atoms with van der Waals surface area (Å²) in [6.45, 7) is 1.12. The highest BCUT2D eigenvalue weighted by atomic mass is 19.1. The predicted molar refractivity (Wildman–Crippen MR) is 119 cm³/mol. The second-order valence-corrected chi connectivity index (χ2v) is 7.10. The lowest BCUT2D eigenvalue weighted by Gasteiger charge is -2.22. The maximum atomic E-state index is 14.4. The Balaban J connectivity index is 2.28. The van der Waals surface area contributed by atoms with Gasteiger partial charge in [-0.1, -0.05) is 18.2 Å². The van der Waals surface area contributed by atoms with Crippen LogP contribution in [0.15, 0.2) is 47.3 Å². The van der Waals surface area contributed by atoms with Crippen molar-refractivity contribution in [1.29, 1.82) is 5.26 Å². The zero-order chi connectivity index (χ0) is 22.5. The van der Waals surface area contributed by atoms with Gasteiger partial charge in [0.05, 0.1) is 23.9 Å². The van der Waals surface area contributed by atoms with E-state index >= 15 is 0 Å². The molecule has 3 aromatic rings. The van der Waals surface area contributed by atoms with Crippen LogP contribution in [0.25, 0.3) is 22.4 Å². The lowest BCUT2D eigenvalue weighted by atomic mass is 9.99. The number of aromatic nitrogens is 2. The van der Waals surface area contributed by atoms with Crippen molar-refractivity contribution < 1.29 is 9.13 Å². The third-order valence-electron chi connectivity index (χ3n) is 5.05. The summed E-state index contributed by atoms with van der Waals surface area (Å²) in [4.78, 5) is 20.0. The molecule has 0 amide bonds. The van der Waals surface area contributed by atoms with E-state index in [9.17, 15) is 9.18 Å². The molecule has 0 fully saturated rings. The second kappa shape index (κ2) is 9.41. The Kier molecular flexibility index (Phi) is 6.68. The highest BCUT2D eigenvalue weighted by Gasteiger charge is 2.20. The zero-order valence-corrected chi connectivity index (χ0v) is 17.7. The van der Waals surface area contributed by atoms with Gasteiger partial charge in [0.2, 0.25) is 5.95 Å². The summed E-state index contributed by atoms with van der Waals surface area (Å²) in [7, 11) is 5.04. The molecule has 160 valence electrons. The van der Waals surface area contributed by atoms with E-state index in [1.807, 2.05) is 18.0 Å². The Morgan fingerprint density at radius 1 is 1.23 bits per heavy atom. The summed E-state index contributed by atoms with van der Waals surface area (Å²) in [5.74, 6) is 0.425. The smallest absolute Gasteiger partial charge is 0.263 e. The largest absolute Gasteiger partial charge is 0.497 e. The van der Waals surface area contributed by atoms with Crippen LogP contribution in [0.3, 0.4) is 0 Å². The van der Waals surface area contributed by atoms with Crippen LogP contribution >= 0.6 is 0 Å². The first-order valence-electron chi connectivity index (χ1n) is 9.78. The molecule has 0 saturated carbocycles. The molecule has 0 spiro atoms. The number of rotatable bonds is 7. The van der Waals surface area contributed by atoms with Crippen LogP contribution in [-0.2, 0) is 7.05 Å². The minimum Gasteiger partial charge on any atom is -0.497 e. The first-order valence-corrected chi connectivity index (χ1v) is 9.78. The van der Waals surface area contributed by atoms with Gasteiger partial charge in [-0.25, -0.2) is 9.37 Å². The topological polar surface area (TPSA) is 97.2 Å². The molecule has 2 aromatic carbocycles. The molecule has 7 nitrogen and oxygen atoms in total. The lowest BCUT2D eigenvalue weighted by Crippen LogP contribution is -2.31. The van der Waals surface area contributed by atoms with Crippen molar-refractivity contribution in [3.05, 3.63) is 64.2 Å². The Hall–Kier alpha value is -3.70. The Morgan fingerprint density at radius 2 is 1.90 bits per heavy atom. The predicted octanol–water partition coefficient (Wildman–Crippen LogP) is 2.92. The average Bonchev–Trinajstić information content (AvgIpc) is 2.79. The molecule has 0 unspecified atom stereocenters. The molecule has 8 heteroatoms. The number of methoxy groups -OCH3 is 1. The zero-order valence-electron chi connectivity index (χ0n) is 17.7. The average molecular weight is 421 g/mol. The minimum atomic E-state index is -0.666. The van der Waals surface area contributed by atoms with Crippen molar-refractivity contribution in [1.82, 2.24) is 9.55 Å². The van der Waals surface area contributed by atoms with Gasteiger partial charge in [-0.2, -0.15) is 5.26 Å². The SMILES string of the molecule is COc1ccc(-c2c(-c3ccc(C#N)c(F)c3)nc(N(C)CCCN)n(C)c2=O)cc1. The molecule has 0 aliphatic carbocycles. The van der Waals surface area contributed by atoms with Crippen molar-refractivity contribution in [3.63, 3.8) is 0 Å². The summed E-state index contributed by atoms with van der Waals surface area (Å²) in [6.07, 6.45) is 0.730. The third kappa shape index (κ3) is 4.42. The highest BCUT2D eigenvalue weighted by Crippen LogP contribution is 2.31. The number of anilines is 1. The number of ether oxygens (including phenoxy) is 1. The number of halogens is 1. The Labute approximate surface area is 180 Å². The van der Waals surface area contributed by atoms with E-state index < -0.39 is 5.82 Å². The van der Waals surface area contributed by atoms with Crippen LogP contribution in [0.5, 0.6) is 5.75 Å². The van der Waals surface area contributed by atoms with E-state index in [-0.39, 0.29) is 11.1 Å². The van der Waals surface area contributed by atoms with Crippen LogP contribution in [0.4, 0.5) is 10.3 Å². The summed E-state index contributed by atoms with van der Waals surface area (Å²) in [6, 6.07) is 13.1. The van der Waals surface area contributed by atoms with Crippen LogP contribution in [0.1, 0.15) is 12.0 Å². The van der Waals surface area contributed by atoms with Crippen molar-refractivity contribution in [2.24, 2.45) is 12.8 Å². The van der Waals surface area contributed by atoms with E-state index in [2.05, 4.69) is 0 Å². The number of hydrogen-bond acceptors (Lipinski definition) is 6. The molecule has 0 radical (unpaired) electrons. The number of hydrogen-bond donors (Lipinski definition) is 1. The minimum absolute atomic E-state index is 0.0705. The lowest BCUT2D eigenvalue weighted by molar-refractivity contribution is 0.415. The first kappa shape index (κ1) is 22.0. The van der Waals surface area contributed by atoms with Gasteiger partial charge in [0.25, 0.3) is 5.56 Å². The molecule has 2 N–H and O–H groups in total. The molecule has 0 saturated heterocycles. The monoisotopic (exact) mass is 421 g/mol. The van der Waals surface area contributed by atoms with E-state index in [1.165, 1.54) is 16.7 Å². The van der Waals surface area contributed by atoms with E-state index in [0.717, 1.165) is 6.42 Å². The highest BCUT2D eigenvalue weighted by molar-refractivity contribution is 5.81. The normalized spacial score (nSPS) is 10.6. The number of nitriles is 1. The fourth-order valence-corrected chi connectivity index (χ4v) is 3.34. The van der Waals surface area contributed by atoms with Gasteiger partial charge in [-0.05, 0) is 42.8 Å². The van der Waals surface area contributed by atoms with Crippen LogP contribution < -0.4 is 20.9 Å². The van der Waals surface area contributed by atoms with E-state index in [4.69, 9.17) is 20.7 Å². The van der Waals surface area contributed by atoms with Crippen molar-refractivity contribution in [2.45, 2.75) is 6.42 Å². The van der Waals surface area contributed by atoms with Crippen molar-refractivity contribution in [2.75, 3.05) is 32.1 Å². The van der Waals surface area contributed by atoms with Crippen LogP contribution in [0.2, 0.25) is 0 Å². The third-order valence-corrected chi connectivity index (χ3v) is 5.05. The summed E-state index contributed by atoms with van der Waals surface area (Å²) in [5.41, 5.74) is 7.00. The van der Waals surface area contributed by atoms with Gasteiger partial charge in [-0.3, -0.25) is 9.36 Å². The quantitative estimate of drug-likeness (QED) is 0.630. The standard InChI is InChI=1S/C23H24FN5O2/c1-28(12-4-11-25)23-27-21(16-5-6-17(14-26)19(24)13-16)20(22(30)29(23)2)15-7-9-18(31-3)10-8-15/h5-10,13H,4,11-12,25H2,1-3H3. The fraction of sp³-hybridized carbons (Fsp3) is 0.261. The van der Waals surface area contributed by atoms with E-state index in [1.54, 1.807) is 44.5 Å². The van der Waals surface area contributed by atoms with Crippen LogP contribution in [0, 0.1) is 17.1 Å². The van der Waals surface area contributed by atoms with Gasteiger partial charge in [0, 0.05) is 26.2 Å². The van der Waals surface area contributed by atoms with E-state index in [0.29, 0.717) is 47.2 Å². The van der Waals surface area contributed by atoms with Gasteiger partial charge in [0.1, 0.15) is 17.6 Å². The first-order chi connectivity index (χ1) is 14.9. The molecule has 1 aromatic heterocycles. The number of nitrogens with two attached hydrogens (primary N) is 1. The van der Waals surface area contributed by atoms with Gasteiger partial charge in [0.15, 0.2) is 0 Å². The molecule has 31 heavy (non-hydrogen) atoms. The molecule has 1 heterocycles. The van der Waals surface area contributed by atoms with Gasteiger partial charge >= 0.3 is 0 Å². The number of nitrogens with zero attached hydrogens (tertiary/aromatic N) is 4. The molecule has 3 rings (SSSR count). The van der Waals surface area contributed by atoms with Crippen molar-refractivity contribution in [3.8, 4) is 34.2 Å². The maximum Gasteiger partial charge on any atom is 0.263 e.